The van der Waals surface area contributed by atoms with Gasteiger partial charge in [0.1, 0.15) is 6.61 Å². The summed E-state index contributed by atoms with van der Waals surface area (Å²) in [5.41, 5.74) is 1.29. The van der Waals surface area contributed by atoms with E-state index in [4.69, 9.17) is 9.47 Å². The van der Waals surface area contributed by atoms with Gasteiger partial charge in [-0.2, -0.15) is 0 Å². The van der Waals surface area contributed by atoms with Gasteiger partial charge in [-0.05, 0) is 31.9 Å². The molecule has 2 aromatic rings. The molecular weight excluding hydrogens is 380 g/mol. The van der Waals surface area contributed by atoms with Gasteiger partial charge in [0, 0.05) is 5.92 Å². The van der Waals surface area contributed by atoms with Crippen LogP contribution in [-0.4, -0.2) is 45.7 Å². The third kappa shape index (κ3) is 2.25. The molecule has 30 heavy (non-hydrogen) atoms. The smallest absolute Gasteiger partial charge is 0.410 e. The number of benzene rings is 2. The van der Waals surface area contributed by atoms with Gasteiger partial charge in [-0.3, -0.25) is 9.80 Å². The highest BCUT2D eigenvalue weighted by atomic mass is 16.6. The maximum absolute atomic E-state index is 13.2. The second kappa shape index (κ2) is 6.49. The quantitative estimate of drug-likeness (QED) is 0.708. The number of hydrogen-bond donors (Lipinski definition) is 0. The van der Waals surface area contributed by atoms with E-state index in [2.05, 4.69) is 6.92 Å². The molecule has 2 heterocycles. The van der Waals surface area contributed by atoms with Gasteiger partial charge >= 0.3 is 12.2 Å². The minimum atomic E-state index is -0.416. The first-order valence-corrected chi connectivity index (χ1v) is 10.5. The van der Waals surface area contributed by atoms with Crippen LogP contribution in [0, 0.1) is 5.92 Å². The van der Waals surface area contributed by atoms with Crippen LogP contribution in [0.4, 0.5) is 9.59 Å². The molecule has 1 aliphatic carbocycles. The molecule has 0 unspecified atom stereocenters. The summed E-state index contributed by atoms with van der Waals surface area (Å²) in [6.07, 6.45) is -0.644. The maximum atomic E-state index is 13.2. The van der Waals surface area contributed by atoms with Crippen molar-refractivity contribution in [2.45, 2.75) is 50.5 Å². The fourth-order valence-corrected chi connectivity index (χ4v) is 5.91. The number of carbonyl (C=O) groups excluding carboxylic acids is 2. The minimum absolute atomic E-state index is 0.0691. The van der Waals surface area contributed by atoms with E-state index >= 15 is 0 Å². The molecule has 3 fully saturated rings. The van der Waals surface area contributed by atoms with E-state index in [1.807, 2.05) is 84.3 Å². The molecule has 3 aliphatic rings. The lowest BCUT2D eigenvalue weighted by Crippen LogP contribution is -2.77. The zero-order valence-electron chi connectivity index (χ0n) is 17.4. The standard InChI is InChI=1S/C24H26N2O4/c1-4-29-22(28)26-23(2)18-19(17-13-9-6-10-14-17)25(20(18)24(23,26)3)21(27)30-15-16-11-7-5-8-12-16/h5-14,18-20H,4,15H2,1-3H3/t18-,19+,20+,23+,24-,26?/m1/s1. The van der Waals surface area contributed by atoms with Crippen LogP contribution in [-0.2, 0) is 16.1 Å². The van der Waals surface area contributed by atoms with Gasteiger partial charge in [0.15, 0.2) is 0 Å². The van der Waals surface area contributed by atoms with Gasteiger partial charge in [0.2, 0.25) is 0 Å². The second-order valence-corrected chi connectivity index (χ2v) is 8.60. The Balaban J connectivity index is 1.41. The zero-order chi connectivity index (χ0) is 21.1. The molecule has 1 saturated carbocycles. The molecule has 2 saturated heterocycles. The summed E-state index contributed by atoms with van der Waals surface area (Å²) in [6.45, 7) is 6.52. The normalized spacial score (nSPS) is 32.8. The zero-order valence-corrected chi connectivity index (χ0v) is 17.4. The first-order chi connectivity index (χ1) is 14.5. The average molecular weight is 406 g/mol. The van der Waals surface area contributed by atoms with Gasteiger partial charge in [-0.1, -0.05) is 60.7 Å². The van der Waals surface area contributed by atoms with Crippen LogP contribution < -0.4 is 0 Å². The average Bonchev–Trinajstić information content (AvgIpc) is 3.16. The van der Waals surface area contributed by atoms with Crippen molar-refractivity contribution >= 4 is 12.2 Å². The molecule has 5 rings (SSSR count). The Morgan fingerprint density at radius 2 is 1.53 bits per heavy atom. The van der Waals surface area contributed by atoms with Gasteiger partial charge in [0.05, 0.1) is 29.8 Å². The number of hydrogen-bond acceptors (Lipinski definition) is 4. The lowest BCUT2D eigenvalue weighted by Gasteiger charge is -2.64. The van der Waals surface area contributed by atoms with Crippen molar-refractivity contribution in [3.8, 4) is 0 Å². The largest absolute Gasteiger partial charge is 0.450 e. The molecule has 2 aliphatic heterocycles. The van der Waals surface area contributed by atoms with Crippen LogP contribution in [0.1, 0.15) is 37.9 Å². The van der Waals surface area contributed by atoms with Crippen LogP contribution in [0.5, 0.6) is 0 Å². The van der Waals surface area contributed by atoms with Crippen LogP contribution in [0.15, 0.2) is 60.7 Å². The van der Waals surface area contributed by atoms with Crippen molar-refractivity contribution < 1.29 is 19.1 Å². The summed E-state index contributed by atoms with van der Waals surface area (Å²) in [5.74, 6) is 0.165. The Labute approximate surface area is 176 Å². The van der Waals surface area contributed by atoms with Gasteiger partial charge in [0.25, 0.3) is 0 Å². The van der Waals surface area contributed by atoms with Crippen molar-refractivity contribution in [3.63, 3.8) is 0 Å². The monoisotopic (exact) mass is 406 g/mol. The number of rotatable bonds is 4. The molecule has 0 spiro atoms. The topological polar surface area (TPSA) is 58.9 Å². The van der Waals surface area contributed by atoms with Gasteiger partial charge in [-0.15, -0.1) is 0 Å². The van der Waals surface area contributed by atoms with E-state index in [1.54, 1.807) is 0 Å². The fraction of sp³-hybridized carbons (Fsp3) is 0.417. The highest BCUT2D eigenvalue weighted by molar-refractivity contribution is 5.82. The number of ether oxygens (including phenoxy) is 2. The van der Waals surface area contributed by atoms with Crippen molar-refractivity contribution in [2.75, 3.05) is 6.61 Å². The lowest BCUT2D eigenvalue weighted by molar-refractivity contribution is -0.129. The number of piperidine rings is 1. The number of likely N-dealkylation sites (tertiary alicyclic amines) is 2. The molecular formula is C24H26N2O4. The fourth-order valence-electron chi connectivity index (χ4n) is 5.91. The van der Waals surface area contributed by atoms with Crippen LogP contribution in [0.25, 0.3) is 0 Å². The van der Waals surface area contributed by atoms with E-state index in [-0.39, 0.29) is 42.3 Å². The molecule has 2 aromatic carbocycles. The third-order valence-electron chi connectivity index (χ3n) is 7.42. The molecule has 156 valence electrons. The Kier molecular flexibility index (Phi) is 4.10. The lowest BCUT2D eigenvalue weighted by atomic mass is 9.52. The molecule has 0 N–H and O–H groups in total. The summed E-state index contributed by atoms with van der Waals surface area (Å²) in [7, 11) is 0. The Hall–Kier alpha value is -3.02. The Bertz CT molecular complexity index is 981. The third-order valence-corrected chi connectivity index (χ3v) is 7.42. The molecule has 6 heteroatoms. The van der Waals surface area contributed by atoms with Crippen molar-refractivity contribution in [3.05, 3.63) is 71.8 Å². The molecule has 2 amide bonds. The summed E-state index contributed by atoms with van der Waals surface area (Å²) < 4.78 is 11.0. The van der Waals surface area contributed by atoms with Crippen molar-refractivity contribution in [2.24, 2.45) is 5.92 Å². The Morgan fingerprint density at radius 3 is 2.17 bits per heavy atom. The summed E-state index contributed by atoms with van der Waals surface area (Å²) in [5, 5.41) is 0. The maximum Gasteiger partial charge on any atom is 0.410 e. The molecule has 6 nitrogen and oxygen atoms in total. The van der Waals surface area contributed by atoms with E-state index < -0.39 is 5.54 Å². The summed E-state index contributed by atoms with van der Waals surface area (Å²) >= 11 is 0. The number of carbonyl (C=O) groups is 2. The molecule has 0 bridgehead atoms. The second-order valence-electron chi connectivity index (χ2n) is 8.60. The van der Waals surface area contributed by atoms with Crippen molar-refractivity contribution in [1.29, 1.82) is 0 Å². The minimum Gasteiger partial charge on any atom is -0.450 e. The number of amides is 2. The highest BCUT2D eigenvalue weighted by Gasteiger charge is 2.95. The van der Waals surface area contributed by atoms with E-state index in [0.717, 1.165) is 11.1 Å². The van der Waals surface area contributed by atoms with Crippen LogP contribution in [0.2, 0.25) is 0 Å². The summed E-state index contributed by atoms with van der Waals surface area (Å²) in [4.78, 5) is 29.4. The molecule has 0 radical (unpaired) electrons. The van der Waals surface area contributed by atoms with E-state index in [1.165, 1.54) is 0 Å². The first kappa shape index (κ1) is 19.0. The van der Waals surface area contributed by atoms with Crippen molar-refractivity contribution in [1.82, 2.24) is 9.80 Å². The molecule has 0 aromatic heterocycles. The Morgan fingerprint density at radius 1 is 0.900 bits per heavy atom. The number of fused-ring (bicyclic) bond motifs is 4. The van der Waals surface area contributed by atoms with Gasteiger partial charge in [-0.25, -0.2) is 9.59 Å². The number of nitrogens with zero attached hydrogens (tertiary/aromatic N) is 2. The SMILES string of the molecule is CCOC(=O)N1[C@]2(C)[C@@H]3[C@@H]([C@H](c4ccccc4)N3C(=O)OCc3ccccc3)[C@]12C. The predicted molar refractivity (Wildman–Crippen MR) is 111 cm³/mol. The van der Waals surface area contributed by atoms with E-state index in [9.17, 15) is 9.59 Å². The highest BCUT2D eigenvalue weighted by Crippen LogP contribution is 2.79. The predicted octanol–water partition coefficient (Wildman–Crippen LogP) is 4.37. The summed E-state index contributed by atoms with van der Waals surface area (Å²) in [6, 6.07) is 19.5. The molecule has 5 atom stereocenters. The van der Waals surface area contributed by atoms with Gasteiger partial charge < -0.3 is 9.47 Å². The van der Waals surface area contributed by atoms with Crippen LogP contribution >= 0.6 is 0 Å². The van der Waals surface area contributed by atoms with E-state index in [0.29, 0.717) is 6.61 Å². The van der Waals surface area contributed by atoms with Crippen LogP contribution in [0.3, 0.4) is 0 Å². The first-order valence-electron chi connectivity index (χ1n) is 10.5.